The molecule has 1 N–H and O–H groups in total. The fraction of sp³-hybridized carbons (Fsp3) is 0.417. The molecule has 0 spiro atoms. The molecule has 0 fully saturated rings. The third-order valence-electron chi connectivity index (χ3n) is 2.31. The maximum absolute atomic E-state index is 11.3. The highest BCUT2D eigenvalue weighted by Crippen LogP contribution is 2.08. The first kappa shape index (κ1) is 12.1. The van der Waals surface area contributed by atoms with E-state index in [1.165, 1.54) is 11.1 Å². The van der Waals surface area contributed by atoms with E-state index in [1.807, 2.05) is 12.1 Å². The SMILES string of the molecule is CCc1ccccc1CNC(=O)CCS. The molecular formula is C12H17NOS. The predicted octanol–water partition coefficient (Wildman–Crippen LogP) is 2.19. The molecule has 0 aromatic heterocycles. The van der Waals surface area contributed by atoms with Crippen molar-refractivity contribution in [3.05, 3.63) is 35.4 Å². The van der Waals surface area contributed by atoms with Gasteiger partial charge in [-0.15, -0.1) is 0 Å². The van der Waals surface area contributed by atoms with Gasteiger partial charge in [0.05, 0.1) is 0 Å². The van der Waals surface area contributed by atoms with Gasteiger partial charge >= 0.3 is 0 Å². The van der Waals surface area contributed by atoms with Crippen molar-refractivity contribution < 1.29 is 4.79 Å². The average Bonchev–Trinajstić information content (AvgIpc) is 2.27. The molecule has 0 bridgehead atoms. The van der Waals surface area contributed by atoms with Gasteiger partial charge in [-0.1, -0.05) is 31.2 Å². The molecular weight excluding hydrogens is 206 g/mol. The highest BCUT2D eigenvalue weighted by molar-refractivity contribution is 7.80. The lowest BCUT2D eigenvalue weighted by Crippen LogP contribution is -2.23. The zero-order valence-electron chi connectivity index (χ0n) is 8.99. The first-order chi connectivity index (χ1) is 7.27. The zero-order chi connectivity index (χ0) is 11.1. The van der Waals surface area contributed by atoms with Gasteiger partial charge in [0.2, 0.25) is 5.91 Å². The molecule has 15 heavy (non-hydrogen) atoms. The van der Waals surface area contributed by atoms with Gasteiger partial charge in [0.15, 0.2) is 0 Å². The molecule has 0 atom stereocenters. The Bertz CT molecular complexity index is 325. The van der Waals surface area contributed by atoms with Crippen molar-refractivity contribution in [3.8, 4) is 0 Å². The summed E-state index contributed by atoms with van der Waals surface area (Å²) in [6.07, 6.45) is 1.48. The molecule has 2 nitrogen and oxygen atoms in total. The van der Waals surface area contributed by atoms with Gasteiger partial charge in [-0.25, -0.2) is 0 Å². The van der Waals surface area contributed by atoms with Crippen molar-refractivity contribution in [1.29, 1.82) is 0 Å². The Hall–Kier alpha value is -0.960. The Labute approximate surface area is 96.5 Å². The van der Waals surface area contributed by atoms with E-state index < -0.39 is 0 Å². The molecule has 0 saturated heterocycles. The number of carbonyl (C=O) groups excluding carboxylic acids is 1. The van der Waals surface area contributed by atoms with Crippen LogP contribution in [0.5, 0.6) is 0 Å². The smallest absolute Gasteiger partial charge is 0.221 e. The molecule has 3 heteroatoms. The summed E-state index contributed by atoms with van der Waals surface area (Å²) in [4.78, 5) is 11.3. The molecule has 0 aliphatic carbocycles. The zero-order valence-corrected chi connectivity index (χ0v) is 9.89. The minimum atomic E-state index is 0.0657. The van der Waals surface area contributed by atoms with E-state index >= 15 is 0 Å². The van der Waals surface area contributed by atoms with Gasteiger partial charge in [-0.3, -0.25) is 4.79 Å². The minimum Gasteiger partial charge on any atom is -0.352 e. The number of amides is 1. The van der Waals surface area contributed by atoms with E-state index in [1.54, 1.807) is 0 Å². The normalized spacial score (nSPS) is 10.0. The number of benzene rings is 1. The Balaban J connectivity index is 2.53. The lowest BCUT2D eigenvalue weighted by Gasteiger charge is -2.08. The van der Waals surface area contributed by atoms with Gasteiger partial charge in [0, 0.05) is 13.0 Å². The lowest BCUT2D eigenvalue weighted by molar-refractivity contribution is -0.120. The number of carbonyl (C=O) groups is 1. The van der Waals surface area contributed by atoms with Crippen LogP contribution in [0.3, 0.4) is 0 Å². The second-order valence-corrected chi connectivity index (χ2v) is 3.82. The fourth-order valence-corrected chi connectivity index (χ4v) is 1.66. The number of thiol groups is 1. The number of hydrogen-bond acceptors (Lipinski definition) is 2. The van der Waals surface area contributed by atoms with E-state index in [0.29, 0.717) is 18.7 Å². The van der Waals surface area contributed by atoms with Crippen LogP contribution in [0.25, 0.3) is 0 Å². The molecule has 1 aromatic rings. The molecule has 1 amide bonds. The third kappa shape index (κ3) is 3.96. The first-order valence-corrected chi connectivity index (χ1v) is 5.85. The number of hydrogen-bond donors (Lipinski definition) is 2. The molecule has 0 heterocycles. The fourth-order valence-electron chi connectivity index (χ4n) is 1.46. The van der Waals surface area contributed by atoms with Gasteiger partial charge in [-0.2, -0.15) is 12.6 Å². The molecule has 0 aliphatic heterocycles. The monoisotopic (exact) mass is 223 g/mol. The van der Waals surface area contributed by atoms with E-state index in [4.69, 9.17) is 0 Å². The number of aryl methyl sites for hydroxylation is 1. The largest absolute Gasteiger partial charge is 0.352 e. The summed E-state index contributed by atoms with van der Waals surface area (Å²) in [5, 5.41) is 2.89. The summed E-state index contributed by atoms with van der Waals surface area (Å²) < 4.78 is 0. The van der Waals surface area contributed by atoms with Crippen LogP contribution in [0.2, 0.25) is 0 Å². The van der Waals surface area contributed by atoms with Crippen molar-refractivity contribution in [1.82, 2.24) is 5.32 Å². The van der Waals surface area contributed by atoms with Crippen molar-refractivity contribution in [2.45, 2.75) is 26.3 Å². The lowest BCUT2D eigenvalue weighted by atomic mass is 10.1. The summed E-state index contributed by atoms with van der Waals surface area (Å²) in [6.45, 7) is 2.74. The molecule has 0 radical (unpaired) electrons. The van der Waals surface area contributed by atoms with Crippen molar-refractivity contribution in [2.75, 3.05) is 5.75 Å². The van der Waals surface area contributed by atoms with Crippen LogP contribution in [0, 0.1) is 0 Å². The van der Waals surface area contributed by atoms with Gasteiger partial charge in [0.25, 0.3) is 0 Å². The molecule has 1 aromatic carbocycles. The Morgan fingerprint density at radius 2 is 2.00 bits per heavy atom. The second kappa shape index (κ2) is 6.51. The maximum atomic E-state index is 11.3. The van der Waals surface area contributed by atoms with E-state index in [2.05, 4.69) is 37.0 Å². The summed E-state index contributed by atoms with van der Waals surface area (Å²) in [6, 6.07) is 8.18. The highest BCUT2D eigenvalue weighted by Gasteiger charge is 2.02. The summed E-state index contributed by atoms with van der Waals surface area (Å²) in [5.41, 5.74) is 2.50. The minimum absolute atomic E-state index is 0.0657. The van der Waals surface area contributed by atoms with Crippen LogP contribution in [-0.2, 0) is 17.8 Å². The highest BCUT2D eigenvalue weighted by atomic mass is 32.1. The quantitative estimate of drug-likeness (QED) is 0.736. The topological polar surface area (TPSA) is 29.1 Å². The molecule has 0 unspecified atom stereocenters. The predicted molar refractivity (Wildman–Crippen MR) is 66.1 cm³/mol. The van der Waals surface area contributed by atoms with Crippen molar-refractivity contribution in [3.63, 3.8) is 0 Å². The number of rotatable bonds is 5. The molecule has 0 aliphatic rings. The summed E-state index contributed by atoms with van der Waals surface area (Å²) in [5.74, 6) is 0.664. The van der Waals surface area contributed by atoms with Gasteiger partial charge < -0.3 is 5.32 Å². The Morgan fingerprint density at radius 3 is 2.60 bits per heavy atom. The first-order valence-electron chi connectivity index (χ1n) is 5.22. The Kier molecular flexibility index (Phi) is 5.26. The summed E-state index contributed by atoms with van der Waals surface area (Å²) in [7, 11) is 0. The van der Waals surface area contributed by atoms with Crippen LogP contribution < -0.4 is 5.32 Å². The molecule has 1 rings (SSSR count). The van der Waals surface area contributed by atoms with Crippen LogP contribution in [0.15, 0.2) is 24.3 Å². The van der Waals surface area contributed by atoms with Crippen LogP contribution in [-0.4, -0.2) is 11.7 Å². The van der Waals surface area contributed by atoms with Crippen molar-refractivity contribution in [2.24, 2.45) is 0 Å². The summed E-state index contributed by atoms with van der Waals surface area (Å²) >= 11 is 4.02. The molecule has 82 valence electrons. The second-order valence-electron chi connectivity index (χ2n) is 3.37. The van der Waals surface area contributed by atoms with Gasteiger partial charge in [-0.05, 0) is 23.3 Å². The van der Waals surface area contributed by atoms with Crippen molar-refractivity contribution >= 4 is 18.5 Å². The number of nitrogens with one attached hydrogen (secondary N) is 1. The van der Waals surface area contributed by atoms with E-state index in [-0.39, 0.29) is 5.91 Å². The standard InChI is InChI=1S/C12H17NOS/c1-2-10-5-3-4-6-11(10)9-13-12(14)7-8-15/h3-6,15H,2,7-9H2,1H3,(H,13,14). The van der Waals surface area contributed by atoms with Crippen LogP contribution in [0.4, 0.5) is 0 Å². The Morgan fingerprint density at radius 1 is 1.33 bits per heavy atom. The molecule has 0 saturated carbocycles. The van der Waals surface area contributed by atoms with Gasteiger partial charge in [0.1, 0.15) is 0 Å². The van der Waals surface area contributed by atoms with E-state index in [0.717, 1.165) is 6.42 Å². The van der Waals surface area contributed by atoms with Crippen LogP contribution >= 0.6 is 12.6 Å². The average molecular weight is 223 g/mol. The van der Waals surface area contributed by atoms with E-state index in [9.17, 15) is 4.79 Å². The third-order valence-corrected chi connectivity index (χ3v) is 2.54. The maximum Gasteiger partial charge on any atom is 0.221 e. The van der Waals surface area contributed by atoms with Crippen LogP contribution in [0.1, 0.15) is 24.5 Å².